The van der Waals surface area contributed by atoms with Gasteiger partial charge in [0.2, 0.25) is 15.9 Å². The fourth-order valence-corrected chi connectivity index (χ4v) is 3.61. The van der Waals surface area contributed by atoms with Crippen LogP contribution >= 0.6 is 0 Å². The van der Waals surface area contributed by atoms with Crippen molar-refractivity contribution in [2.45, 2.75) is 26.2 Å². The van der Waals surface area contributed by atoms with E-state index in [1.807, 2.05) is 12.1 Å². The van der Waals surface area contributed by atoms with Crippen molar-refractivity contribution >= 4 is 21.6 Å². The van der Waals surface area contributed by atoms with Gasteiger partial charge in [0.05, 0.1) is 25.2 Å². The van der Waals surface area contributed by atoms with E-state index in [9.17, 15) is 13.2 Å². The molecule has 0 N–H and O–H groups in total. The summed E-state index contributed by atoms with van der Waals surface area (Å²) >= 11 is 0. The topological polar surface area (TPSA) is 66.9 Å². The number of amides is 1. The van der Waals surface area contributed by atoms with Crippen LogP contribution in [0.25, 0.3) is 0 Å². The van der Waals surface area contributed by atoms with Crippen LogP contribution < -0.4 is 4.31 Å². The molecule has 1 aliphatic heterocycles. The van der Waals surface area contributed by atoms with Crippen molar-refractivity contribution in [1.82, 2.24) is 4.90 Å². The molecular weight excluding hydrogens is 328 g/mol. The van der Waals surface area contributed by atoms with E-state index in [1.54, 1.807) is 17.0 Å². The Morgan fingerprint density at radius 3 is 2.29 bits per heavy atom. The lowest BCUT2D eigenvalue weighted by atomic mass is 10.0. The van der Waals surface area contributed by atoms with Crippen molar-refractivity contribution in [3.63, 3.8) is 0 Å². The molecule has 1 aliphatic rings. The lowest BCUT2D eigenvalue weighted by Crippen LogP contribution is -2.42. The van der Waals surface area contributed by atoms with Crippen molar-refractivity contribution in [3.05, 3.63) is 29.8 Å². The molecule has 1 amide bonds. The van der Waals surface area contributed by atoms with E-state index in [1.165, 1.54) is 10.6 Å². The fourth-order valence-electron chi connectivity index (χ4n) is 2.68. The Labute approximate surface area is 144 Å². The number of benzene rings is 1. The average molecular weight is 354 g/mol. The van der Waals surface area contributed by atoms with Gasteiger partial charge in [-0.1, -0.05) is 26.0 Å². The number of hydrogen-bond donors (Lipinski definition) is 0. The van der Waals surface area contributed by atoms with Gasteiger partial charge in [0.25, 0.3) is 0 Å². The first kappa shape index (κ1) is 18.7. The third-order valence-corrected chi connectivity index (χ3v) is 5.33. The summed E-state index contributed by atoms with van der Waals surface area (Å²) in [5, 5.41) is 0. The molecule has 0 spiro atoms. The Morgan fingerprint density at radius 2 is 1.79 bits per heavy atom. The number of ether oxygens (including phenoxy) is 1. The first-order valence-electron chi connectivity index (χ1n) is 8.22. The number of carbonyl (C=O) groups excluding carboxylic acids is 1. The number of morpholine rings is 1. The van der Waals surface area contributed by atoms with Crippen LogP contribution in [-0.2, 0) is 19.6 Å². The van der Waals surface area contributed by atoms with Crippen LogP contribution in [0.2, 0.25) is 0 Å². The molecule has 0 aliphatic carbocycles. The molecule has 0 unspecified atom stereocenters. The van der Waals surface area contributed by atoms with Crippen LogP contribution in [0.15, 0.2) is 24.3 Å². The number of hydrogen-bond acceptors (Lipinski definition) is 4. The molecule has 1 fully saturated rings. The molecule has 0 atom stereocenters. The van der Waals surface area contributed by atoms with Crippen molar-refractivity contribution in [2.24, 2.45) is 0 Å². The zero-order chi connectivity index (χ0) is 17.7. The zero-order valence-electron chi connectivity index (χ0n) is 14.6. The normalized spacial score (nSPS) is 15.6. The number of sulfonamides is 1. The maximum Gasteiger partial charge on any atom is 0.232 e. The molecule has 1 aromatic rings. The summed E-state index contributed by atoms with van der Waals surface area (Å²) in [5.74, 6) is 0.347. The molecule has 134 valence electrons. The van der Waals surface area contributed by atoms with Gasteiger partial charge in [0.15, 0.2) is 0 Å². The maximum atomic E-state index is 12.3. The molecule has 7 heteroatoms. The van der Waals surface area contributed by atoms with E-state index >= 15 is 0 Å². The van der Waals surface area contributed by atoms with E-state index in [4.69, 9.17) is 4.74 Å². The predicted octanol–water partition coefficient (Wildman–Crippen LogP) is 1.82. The molecule has 1 saturated heterocycles. The highest BCUT2D eigenvalue weighted by atomic mass is 32.2. The van der Waals surface area contributed by atoms with Gasteiger partial charge in [-0.15, -0.1) is 0 Å². The predicted molar refractivity (Wildman–Crippen MR) is 94.7 cm³/mol. The van der Waals surface area contributed by atoms with Gasteiger partial charge >= 0.3 is 0 Å². The SMILES string of the molecule is CC(C)c1ccc(N(CCC(=O)N2CCOCC2)S(C)(=O)=O)cc1. The van der Waals surface area contributed by atoms with Gasteiger partial charge in [-0.25, -0.2) is 8.42 Å². The fraction of sp³-hybridized carbons (Fsp3) is 0.588. The maximum absolute atomic E-state index is 12.3. The second-order valence-electron chi connectivity index (χ2n) is 6.32. The Kier molecular flexibility index (Phi) is 6.23. The van der Waals surface area contributed by atoms with E-state index in [0.29, 0.717) is 37.9 Å². The minimum Gasteiger partial charge on any atom is -0.378 e. The van der Waals surface area contributed by atoms with E-state index < -0.39 is 10.0 Å². The molecule has 1 heterocycles. The van der Waals surface area contributed by atoms with Gasteiger partial charge in [-0.2, -0.15) is 0 Å². The Bertz CT molecular complexity index is 650. The number of anilines is 1. The van der Waals surface area contributed by atoms with Crippen LogP contribution in [0.4, 0.5) is 5.69 Å². The highest BCUT2D eigenvalue weighted by molar-refractivity contribution is 7.92. The number of rotatable bonds is 6. The minimum absolute atomic E-state index is 0.0363. The standard InChI is InChI=1S/C17H26N2O4S/c1-14(2)15-4-6-16(7-5-15)19(24(3,21)22)9-8-17(20)18-10-12-23-13-11-18/h4-7,14H,8-13H2,1-3H3. The zero-order valence-corrected chi connectivity index (χ0v) is 15.4. The average Bonchev–Trinajstić information content (AvgIpc) is 2.55. The molecule has 6 nitrogen and oxygen atoms in total. The van der Waals surface area contributed by atoms with Gasteiger partial charge < -0.3 is 9.64 Å². The number of carbonyl (C=O) groups is 1. The summed E-state index contributed by atoms with van der Waals surface area (Å²) in [6.45, 7) is 6.54. The van der Waals surface area contributed by atoms with Gasteiger partial charge in [0.1, 0.15) is 0 Å². The van der Waals surface area contributed by atoms with E-state index in [-0.39, 0.29) is 18.9 Å². The minimum atomic E-state index is -3.44. The Hall–Kier alpha value is -1.60. The van der Waals surface area contributed by atoms with Crippen molar-refractivity contribution in [3.8, 4) is 0 Å². The molecule has 24 heavy (non-hydrogen) atoms. The quantitative estimate of drug-likeness (QED) is 0.782. The van der Waals surface area contributed by atoms with Crippen molar-refractivity contribution in [1.29, 1.82) is 0 Å². The highest BCUT2D eigenvalue weighted by Crippen LogP contribution is 2.22. The summed E-state index contributed by atoms with van der Waals surface area (Å²) in [4.78, 5) is 14.0. The van der Waals surface area contributed by atoms with Crippen molar-refractivity contribution in [2.75, 3.05) is 43.4 Å². The van der Waals surface area contributed by atoms with Crippen LogP contribution in [0.1, 0.15) is 31.7 Å². The van der Waals surface area contributed by atoms with Crippen LogP contribution in [0.3, 0.4) is 0 Å². The molecule has 1 aromatic carbocycles. The molecule has 0 aromatic heterocycles. The van der Waals surface area contributed by atoms with Gasteiger partial charge in [-0.3, -0.25) is 9.10 Å². The Balaban J connectivity index is 2.07. The van der Waals surface area contributed by atoms with Gasteiger partial charge in [0, 0.05) is 26.1 Å². The Morgan fingerprint density at radius 1 is 1.21 bits per heavy atom. The van der Waals surface area contributed by atoms with Crippen LogP contribution in [-0.4, -0.2) is 58.3 Å². The molecule has 0 bridgehead atoms. The smallest absolute Gasteiger partial charge is 0.232 e. The first-order chi connectivity index (χ1) is 11.3. The van der Waals surface area contributed by atoms with Crippen molar-refractivity contribution < 1.29 is 17.9 Å². The highest BCUT2D eigenvalue weighted by Gasteiger charge is 2.22. The lowest BCUT2D eigenvalue weighted by molar-refractivity contribution is -0.134. The summed E-state index contributed by atoms with van der Waals surface area (Å²) < 4.78 is 30.8. The molecular formula is C17H26N2O4S. The first-order valence-corrected chi connectivity index (χ1v) is 10.1. The molecule has 2 rings (SSSR count). The lowest BCUT2D eigenvalue weighted by Gasteiger charge is -2.28. The molecule has 0 radical (unpaired) electrons. The third kappa shape index (κ3) is 4.95. The van der Waals surface area contributed by atoms with E-state index in [2.05, 4.69) is 13.8 Å². The second kappa shape index (κ2) is 7.98. The number of nitrogens with zero attached hydrogens (tertiary/aromatic N) is 2. The van der Waals surface area contributed by atoms with Crippen LogP contribution in [0, 0.1) is 0 Å². The summed E-state index contributed by atoms with van der Waals surface area (Å²) in [7, 11) is -3.44. The monoisotopic (exact) mass is 354 g/mol. The van der Waals surface area contributed by atoms with Crippen LogP contribution in [0.5, 0.6) is 0 Å². The second-order valence-corrected chi connectivity index (χ2v) is 8.23. The largest absolute Gasteiger partial charge is 0.378 e. The summed E-state index contributed by atoms with van der Waals surface area (Å²) in [5.41, 5.74) is 1.74. The van der Waals surface area contributed by atoms with Gasteiger partial charge in [-0.05, 0) is 23.6 Å². The summed E-state index contributed by atoms with van der Waals surface area (Å²) in [6.07, 6.45) is 1.33. The summed E-state index contributed by atoms with van der Waals surface area (Å²) in [6, 6.07) is 7.47. The third-order valence-electron chi connectivity index (χ3n) is 4.14. The molecule has 0 saturated carbocycles. The van der Waals surface area contributed by atoms with E-state index in [0.717, 1.165) is 5.56 Å².